The van der Waals surface area contributed by atoms with Gasteiger partial charge in [-0.2, -0.15) is 0 Å². The van der Waals surface area contributed by atoms with Crippen molar-refractivity contribution < 1.29 is 14.6 Å². The first kappa shape index (κ1) is 14.8. The summed E-state index contributed by atoms with van der Waals surface area (Å²) in [7, 11) is 0. The lowest BCUT2D eigenvalue weighted by Crippen LogP contribution is -2.46. The molecule has 0 spiro atoms. The summed E-state index contributed by atoms with van der Waals surface area (Å²) in [6.45, 7) is 5.28. The Balaban J connectivity index is 1.74. The number of carboxylic acid groups (broad SMARTS) is 1. The Labute approximate surface area is 115 Å². The number of aliphatic carboxylic acids is 1. The summed E-state index contributed by atoms with van der Waals surface area (Å²) in [5, 5.41) is 12.7. The summed E-state index contributed by atoms with van der Waals surface area (Å²) >= 11 is 0. The van der Waals surface area contributed by atoms with Gasteiger partial charge >= 0.3 is 5.97 Å². The van der Waals surface area contributed by atoms with Crippen molar-refractivity contribution in [3.63, 3.8) is 0 Å². The van der Waals surface area contributed by atoms with E-state index in [1.807, 2.05) is 0 Å². The van der Waals surface area contributed by atoms with E-state index in [9.17, 15) is 4.79 Å². The normalized spacial score (nSPS) is 36.4. The molecule has 2 fully saturated rings. The second kappa shape index (κ2) is 6.71. The van der Waals surface area contributed by atoms with Gasteiger partial charge in [-0.3, -0.25) is 4.79 Å². The summed E-state index contributed by atoms with van der Waals surface area (Å²) in [5.74, 6) is -0.159. The van der Waals surface area contributed by atoms with Gasteiger partial charge in [-0.1, -0.05) is 13.8 Å². The molecule has 2 aliphatic rings. The summed E-state index contributed by atoms with van der Waals surface area (Å²) < 4.78 is 5.79. The first-order valence-corrected chi connectivity index (χ1v) is 7.66. The van der Waals surface area contributed by atoms with E-state index in [0.29, 0.717) is 24.1 Å². The van der Waals surface area contributed by atoms with Gasteiger partial charge in [0, 0.05) is 18.7 Å². The highest BCUT2D eigenvalue weighted by molar-refractivity contribution is 5.70. The van der Waals surface area contributed by atoms with E-state index >= 15 is 0 Å². The SMILES string of the molecule is CC(C)C1CC(NC2CCC(C(=O)O)CC2)CCO1. The number of ether oxygens (including phenoxy) is 1. The van der Waals surface area contributed by atoms with Crippen LogP contribution in [-0.2, 0) is 9.53 Å². The Morgan fingerprint density at radius 2 is 1.84 bits per heavy atom. The average molecular weight is 269 g/mol. The standard InChI is InChI=1S/C15H27NO3/c1-10(2)14-9-13(7-8-19-14)16-12-5-3-11(4-6-12)15(17)18/h10-14,16H,3-9H2,1-2H3,(H,17,18). The second-order valence-corrected chi connectivity index (χ2v) is 6.43. The number of nitrogens with one attached hydrogen (secondary N) is 1. The van der Waals surface area contributed by atoms with Crippen molar-refractivity contribution in [2.24, 2.45) is 11.8 Å². The summed E-state index contributed by atoms with van der Waals surface area (Å²) in [4.78, 5) is 10.9. The van der Waals surface area contributed by atoms with Crippen molar-refractivity contribution in [2.45, 2.75) is 70.6 Å². The van der Waals surface area contributed by atoms with Crippen LogP contribution in [0.5, 0.6) is 0 Å². The number of hydrogen-bond donors (Lipinski definition) is 2. The van der Waals surface area contributed by atoms with Crippen molar-refractivity contribution in [1.82, 2.24) is 5.32 Å². The van der Waals surface area contributed by atoms with Crippen LogP contribution in [0.25, 0.3) is 0 Å². The minimum atomic E-state index is -0.621. The van der Waals surface area contributed by atoms with Crippen LogP contribution in [0.4, 0.5) is 0 Å². The van der Waals surface area contributed by atoms with Gasteiger partial charge in [-0.15, -0.1) is 0 Å². The monoisotopic (exact) mass is 269 g/mol. The maximum Gasteiger partial charge on any atom is 0.306 e. The zero-order chi connectivity index (χ0) is 13.8. The number of carboxylic acids is 1. The second-order valence-electron chi connectivity index (χ2n) is 6.43. The van der Waals surface area contributed by atoms with E-state index in [1.165, 1.54) is 0 Å². The highest BCUT2D eigenvalue weighted by atomic mass is 16.5. The van der Waals surface area contributed by atoms with E-state index in [1.54, 1.807) is 0 Å². The Bertz CT molecular complexity index is 298. The van der Waals surface area contributed by atoms with Crippen LogP contribution in [0.3, 0.4) is 0 Å². The fraction of sp³-hybridized carbons (Fsp3) is 0.933. The Kier molecular flexibility index (Phi) is 5.22. The average Bonchev–Trinajstić information content (AvgIpc) is 2.39. The van der Waals surface area contributed by atoms with Crippen LogP contribution in [0.2, 0.25) is 0 Å². The van der Waals surface area contributed by atoms with Gasteiger partial charge < -0.3 is 15.2 Å². The third kappa shape index (κ3) is 4.18. The maximum absolute atomic E-state index is 10.9. The lowest BCUT2D eigenvalue weighted by molar-refractivity contribution is -0.142. The summed E-state index contributed by atoms with van der Waals surface area (Å²) in [6, 6.07) is 1.05. The van der Waals surface area contributed by atoms with Crippen LogP contribution in [-0.4, -0.2) is 35.9 Å². The van der Waals surface area contributed by atoms with Crippen molar-refractivity contribution in [3.8, 4) is 0 Å². The van der Waals surface area contributed by atoms with Gasteiger partial charge in [0.05, 0.1) is 12.0 Å². The zero-order valence-corrected chi connectivity index (χ0v) is 12.1. The summed E-state index contributed by atoms with van der Waals surface area (Å²) in [5.41, 5.74) is 0. The van der Waals surface area contributed by atoms with Crippen LogP contribution in [0, 0.1) is 11.8 Å². The molecular formula is C15H27NO3. The van der Waals surface area contributed by atoms with Crippen LogP contribution < -0.4 is 5.32 Å². The van der Waals surface area contributed by atoms with Gasteiger partial charge in [0.1, 0.15) is 0 Å². The minimum absolute atomic E-state index is 0.115. The molecule has 110 valence electrons. The Morgan fingerprint density at radius 1 is 1.16 bits per heavy atom. The molecule has 1 saturated heterocycles. The lowest BCUT2D eigenvalue weighted by atomic mass is 9.85. The first-order valence-electron chi connectivity index (χ1n) is 7.66. The summed E-state index contributed by atoms with van der Waals surface area (Å²) in [6.07, 6.45) is 6.20. The van der Waals surface area contributed by atoms with Gasteiger partial charge in [-0.05, 0) is 44.4 Å². The molecule has 0 aromatic rings. The molecule has 19 heavy (non-hydrogen) atoms. The molecule has 1 aliphatic heterocycles. The van der Waals surface area contributed by atoms with Gasteiger partial charge in [0.25, 0.3) is 0 Å². The Hall–Kier alpha value is -0.610. The fourth-order valence-electron chi connectivity index (χ4n) is 3.28. The minimum Gasteiger partial charge on any atom is -0.481 e. The Morgan fingerprint density at radius 3 is 2.42 bits per heavy atom. The van der Waals surface area contributed by atoms with E-state index in [2.05, 4.69) is 19.2 Å². The lowest BCUT2D eigenvalue weighted by Gasteiger charge is -2.36. The fourth-order valence-corrected chi connectivity index (χ4v) is 3.28. The van der Waals surface area contributed by atoms with Crippen molar-refractivity contribution >= 4 is 5.97 Å². The maximum atomic E-state index is 10.9. The van der Waals surface area contributed by atoms with E-state index < -0.39 is 5.97 Å². The van der Waals surface area contributed by atoms with E-state index in [0.717, 1.165) is 45.1 Å². The van der Waals surface area contributed by atoms with Gasteiger partial charge in [-0.25, -0.2) is 0 Å². The predicted octanol–water partition coefficient (Wildman–Crippen LogP) is 2.42. The van der Waals surface area contributed by atoms with Crippen molar-refractivity contribution in [2.75, 3.05) is 6.61 Å². The number of carbonyl (C=O) groups is 1. The highest BCUT2D eigenvalue weighted by Crippen LogP contribution is 2.27. The molecule has 0 bridgehead atoms. The van der Waals surface area contributed by atoms with Gasteiger partial charge in [0.15, 0.2) is 0 Å². The third-order valence-electron chi connectivity index (χ3n) is 4.61. The zero-order valence-electron chi connectivity index (χ0n) is 12.1. The molecule has 0 aromatic carbocycles. The number of hydrogen-bond acceptors (Lipinski definition) is 3. The van der Waals surface area contributed by atoms with E-state index in [-0.39, 0.29) is 5.92 Å². The molecule has 0 aromatic heterocycles. The van der Waals surface area contributed by atoms with Crippen LogP contribution in [0.1, 0.15) is 52.4 Å². The highest BCUT2D eigenvalue weighted by Gasteiger charge is 2.30. The molecule has 1 aliphatic carbocycles. The van der Waals surface area contributed by atoms with Crippen molar-refractivity contribution in [3.05, 3.63) is 0 Å². The van der Waals surface area contributed by atoms with Gasteiger partial charge in [0.2, 0.25) is 0 Å². The quantitative estimate of drug-likeness (QED) is 0.823. The third-order valence-corrected chi connectivity index (χ3v) is 4.61. The molecule has 2 rings (SSSR count). The number of rotatable bonds is 4. The molecular weight excluding hydrogens is 242 g/mol. The van der Waals surface area contributed by atoms with Crippen LogP contribution in [0.15, 0.2) is 0 Å². The van der Waals surface area contributed by atoms with E-state index in [4.69, 9.17) is 9.84 Å². The molecule has 0 amide bonds. The molecule has 4 nitrogen and oxygen atoms in total. The molecule has 1 saturated carbocycles. The van der Waals surface area contributed by atoms with Crippen molar-refractivity contribution in [1.29, 1.82) is 0 Å². The molecule has 1 heterocycles. The topological polar surface area (TPSA) is 58.6 Å². The largest absolute Gasteiger partial charge is 0.481 e. The predicted molar refractivity (Wildman–Crippen MR) is 74.1 cm³/mol. The molecule has 2 unspecified atom stereocenters. The first-order chi connectivity index (χ1) is 9.06. The molecule has 4 heteroatoms. The molecule has 2 atom stereocenters. The molecule has 2 N–H and O–H groups in total. The van der Waals surface area contributed by atoms with Crippen LogP contribution >= 0.6 is 0 Å². The smallest absolute Gasteiger partial charge is 0.306 e. The molecule has 0 radical (unpaired) electrons.